The first-order valence-corrected chi connectivity index (χ1v) is 5.74. The lowest BCUT2D eigenvalue weighted by atomic mass is 9.85. The highest BCUT2D eigenvalue weighted by Gasteiger charge is 2.24. The Morgan fingerprint density at radius 3 is 2.89 bits per heavy atom. The average molecular weight is 247 g/mol. The fourth-order valence-corrected chi connectivity index (χ4v) is 1.65. The van der Waals surface area contributed by atoms with Crippen LogP contribution in [0.15, 0.2) is 29.4 Å². The van der Waals surface area contributed by atoms with E-state index in [1.807, 2.05) is 0 Å². The van der Waals surface area contributed by atoms with E-state index in [0.29, 0.717) is 5.56 Å². The second kappa shape index (κ2) is 5.39. The van der Waals surface area contributed by atoms with E-state index in [9.17, 15) is 14.9 Å². The van der Waals surface area contributed by atoms with E-state index in [-0.39, 0.29) is 17.5 Å². The fraction of sp³-hybridized carbons (Fsp3) is 0.333. The predicted octanol–water partition coefficient (Wildman–Crippen LogP) is 1.84. The molecule has 0 saturated heterocycles. The molecule has 1 aliphatic carbocycles. The van der Waals surface area contributed by atoms with Crippen LogP contribution in [-0.4, -0.2) is 17.0 Å². The van der Waals surface area contributed by atoms with Gasteiger partial charge in [-0.15, -0.1) is 0 Å². The summed E-state index contributed by atoms with van der Waals surface area (Å²) < 4.78 is 0. The molecule has 1 saturated carbocycles. The Balaban J connectivity index is 1.93. The molecule has 0 aromatic heterocycles. The maximum absolute atomic E-state index is 11.5. The molecule has 0 bridgehead atoms. The second-order valence-corrected chi connectivity index (χ2v) is 4.21. The summed E-state index contributed by atoms with van der Waals surface area (Å²) >= 11 is 0. The smallest absolute Gasteiger partial charge is 0.270 e. The Morgan fingerprint density at radius 1 is 1.50 bits per heavy atom. The van der Waals surface area contributed by atoms with Crippen molar-refractivity contribution >= 4 is 17.8 Å². The molecule has 1 N–H and O–H groups in total. The van der Waals surface area contributed by atoms with Crippen molar-refractivity contribution in [2.45, 2.75) is 19.3 Å². The minimum Gasteiger partial charge on any atom is -0.273 e. The topological polar surface area (TPSA) is 84.6 Å². The normalized spacial score (nSPS) is 15.3. The molecule has 0 spiro atoms. The maximum atomic E-state index is 11.5. The molecule has 0 unspecified atom stereocenters. The molecular weight excluding hydrogens is 234 g/mol. The van der Waals surface area contributed by atoms with Crippen LogP contribution >= 0.6 is 0 Å². The highest BCUT2D eigenvalue weighted by atomic mass is 16.6. The van der Waals surface area contributed by atoms with E-state index in [1.54, 1.807) is 12.1 Å². The van der Waals surface area contributed by atoms with Crippen LogP contribution in [0.3, 0.4) is 0 Å². The molecule has 0 aliphatic heterocycles. The number of hydrogen-bond acceptors (Lipinski definition) is 4. The Morgan fingerprint density at radius 2 is 2.28 bits per heavy atom. The zero-order valence-electron chi connectivity index (χ0n) is 9.70. The van der Waals surface area contributed by atoms with Crippen molar-refractivity contribution < 1.29 is 9.72 Å². The number of rotatable bonds is 4. The average Bonchev–Trinajstić information content (AvgIpc) is 2.27. The molecule has 1 aromatic rings. The van der Waals surface area contributed by atoms with Gasteiger partial charge < -0.3 is 0 Å². The van der Waals surface area contributed by atoms with Gasteiger partial charge in [-0.3, -0.25) is 14.9 Å². The van der Waals surface area contributed by atoms with Crippen LogP contribution in [0.1, 0.15) is 24.8 Å². The van der Waals surface area contributed by atoms with Crippen LogP contribution in [0, 0.1) is 16.0 Å². The number of carbonyl (C=O) groups excluding carboxylic acids is 1. The number of benzene rings is 1. The summed E-state index contributed by atoms with van der Waals surface area (Å²) in [7, 11) is 0. The zero-order chi connectivity index (χ0) is 13.0. The second-order valence-electron chi connectivity index (χ2n) is 4.21. The number of nitrogens with zero attached hydrogens (tertiary/aromatic N) is 2. The van der Waals surface area contributed by atoms with Crippen LogP contribution in [0.4, 0.5) is 5.69 Å². The monoisotopic (exact) mass is 247 g/mol. The minimum atomic E-state index is -0.468. The van der Waals surface area contributed by atoms with Crippen molar-refractivity contribution in [3.8, 4) is 0 Å². The van der Waals surface area contributed by atoms with E-state index >= 15 is 0 Å². The Kier molecular flexibility index (Phi) is 3.66. The van der Waals surface area contributed by atoms with Gasteiger partial charge in [0, 0.05) is 23.6 Å². The van der Waals surface area contributed by atoms with Gasteiger partial charge in [0.1, 0.15) is 0 Å². The lowest BCUT2D eigenvalue weighted by molar-refractivity contribution is -0.384. The van der Waals surface area contributed by atoms with Crippen molar-refractivity contribution in [2.75, 3.05) is 0 Å². The summed E-state index contributed by atoms with van der Waals surface area (Å²) in [4.78, 5) is 21.6. The lowest BCUT2D eigenvalue weighted by Crippen LogP contribution is -2.31. The van der Waals surface area contributed by atoms with Crippen molar-refractivity contribution in [1.29, 1.82) is 0 Å². The van der Waals surface area contributed by atoms with Gasteiger partial charge in [-0.25, -0.2) is 5.43 Å². The highest BCUT2D eigenvalue weighted by Crippen LogP contribution is 2.26. The van der Waals surface area contributed by atoms with E-state index in [1.165, 1.54) is 18.3 Å². The van der Waals surface area contributed by atoms with Crippen LogP contribution in [-0.2, 0) is 4.79 Å². The first-order valence-electron chi connectivity index (χ1n) is 5.74. The van der Waals surface area contributed by atoms with Crippen LogP contribution in [0.5, 0.6) is 0 Å². The minimum absolute atomic E-state index is 0.00395. The molecule has 18 heavy (non-hydrogen) atoms. The van der Waals surface area contributed by atoms with Gasteiger partial charge in [0.15, 0.2) is 0 Å². The number of nitro benzene ring substituents is 1. The summed E-state index contributed by atoms with van der Waals surface area (Å²) in [5.41, 5.74) is 3.03. The third-order valence-electron chi connectivity index (χ3n) is 2.95. The fourth-order valence-electron chi connectivity index (χ4n) is 1.65. The van der Waals surface area contributed by atoms with E-state index in [0.717, 1.165) is 19.3 Å². The number of carbonyl (C=O) groups is 1. The number of hydrogen-bond donors (Lipinski definition) is 1. The summed E-state index contributed by atoms with van der Waals surface area (Å²) in [5.74, 6) is -0.00445. The van der Waals surface area contributed by atoms with E-state index in [4.69, 9.17) is 0 Å². The molecular formula is C12H13N3O3. The van der Waals surface area contributed by atoms with E-state index < -0.39 is 4.92 Å². The number of nitrogens with one attached hydrogen (secondary N) is 1. The van der Waals surface area contributed by atoms with Gasteiger partial charge in [-0.2, -0.15) is 5.10 Å². The molecule has 1 aromatic carbocycles. The molecule has 1 aliphatic rings. The maximum Gasteiger partial charge on any atom is 0.270 e. The number of non-ortho nitro benzene ring substituents is 1. The molecule has 0 radical (unpaired) electrons. The molecule has 2 rings (SSSR count). The van der Waals surface area contributed by atoms with Crippen molar-refractivity contribution in [1.82, 2.24) is 5.43 Å². The largest absolute Gasteiger partial charge is 0.273 e. The summed E-state index contributed by atoms with van der Waals surface area (Å²) in [6.07, 6.45) is 4.33. The lowest BCUT2D eigenvalue weighted by Gasteiger charge is -2.22. The molecule has 94 valence electrons. The van der Waals surface area contributed by atoms with E-state index in [2.05, 4.69) is 10.5 Å². The van der Waals surface area contributed by atoms with Gasteiger partial charge in [0.05, 0.1) is 11.1 Å². The van der Waals surface area contributed by atoms with Gasteiger partial charge in [-0.1, -0.05) is 18.6 Å². The first-order chi connectivity index (χ1) is 8.66. The van der Waals surface area contributed by atoms with Gasteiger partial charge in [-0.05, 0) is 12.8 Å². The quantitative estimate of drug-likeness (QED) is 0.500. The van der Waals surface area contributed by atoms with Crippen LogP contribution < -0.4 is 5.43 Å². The number of hydrazone groups is 1. The van der Waals surface area contributed by atoms with Crippen molar-refractivity contribution in [2.24, 2.45) is 11.0 Å². The standard InChI is InChI=1S/C12H13N3O3/c16-12(10-4-2-5-10)14-13-8-9-3-1-6-11(7-9)15(17)18/h1,3,6-8,10H,2,4-5H2,(H,14,16). The molecule has 6 heteroatoms. The van der Waals surface area contributed by atoms with Gasteiger partial charge in [0.25, 0.3) is 5.69 Å². The van der Waals surface area contributed by atoms with Crippen molar-refractivity contribution in [3.05, 3.63) is 39.9 Å². The molecule has 0 heterocycles. The SMILES string of the molecule is O=C(NN=Cc1cccc([N+](=O)[O-])c1)C1CCC1. The predicted molar refractivity (Wildman–Crippen MR) is 66.2 cm³/mol. The molecule has 0 atom stereocenters. The summed E-state index contributed by atoms with van der Waals surface area (Å²) in [5, 5.41) is 14.4. The van der Waals surface area contributed by atoms with Crippen LogP contribution in [0.25, 0.3) is 0 Å². The third-order valence-corrected chi connectivity index (χ3v) is 2.95. The molecule has 1 amide bonds. The Hall–Kier alpha value is -2.24. The van der Waals surface area contributed by atoms with Crippen LogP contribution in [0.2, 0.25) is 0 Å². The number of nitro groups is 1. The first kappa shape index (κ1) is 12.2. The number of amides is 1. The zero-order valence-corrected chi connectivity index (χ0v) is 9.70. The third kappa shape index (κ3) is 2.91. The Labute approximate surface area is 104 Å². The van der Waals surface area contributed by atoms with Gasteiger partial charge in [0.2, 0.25) is 5.91 Å². The van der Waals surface area contributed by atoms with Crippen molar-refractivity contribution in [3.63, 3.8) is 0 Å². The Bertz CT molecular complexity index is 495. The van der Waals surface area contributed by atoms with Gasteiger partial charge >= 0.3 is 0 Å². The summed E-state index contributed by atoms with van der Waals surface area (Å²) in [6, 6.07) is 6.07. The summed E-state index contributed by atoms with van der Waals surface area (Å²) in [6.45, 7) is 0. The molecule has 1 fully saturated rings. The highest BCUT2D eigenvalue weighted by molar-refractivity contribution is 5.84. The molecule has 6 nitrogen and oxygen atoms in total.